The molecule has 126 valence electrons. The summed E-state index contributed by atoms with van der Waals surface area (Å²) in [6, 6.07) is 17.2. The molecule has 0 unspecified atom stereocenters. The number of nitrogens with one attached hydrogen (secondary N) is 2. The number of hydrogen-bond acceptors (Lipinski definition) is 1. The molecule has 3 heteroatoms. The molecule has 3 rings (SSSR count). The maximum atomic E-state index is 5.63. The van der Waals surface area contributed by atoms with Crippen LogP contribution in [0.5, 0.6) is 0 Å². The SMILES string of the molecule is CCc1ccc(NC(=S)NC2(c3ccccc3C)CCCC2)cc1. The van der Waals surface area contributed by atoms with E-state index in [1.165, 1.54) is 29.5 Å². The third-order valence-electron chi connectivity index (χ3n) is 5.09. The topological polar surface area (TPSA) is 24.1 Å². The van der Waals surface area contributed by atoms with Gasteiger partial charge in [0.05, 0.1) is 5.54 Å². The molecular weight excluding hydrogens is 312 g/mol. The molecule has 0 aliphatic heterocycles. The number of anilines is 1. The van der Waals surface area contributed by atoms with E-state index in [1.54, 1.807) is 0 Å². The Morgan fingerprint density at radius 1 is 1.04 bits per heavy atom. The van der Waals surface area contributed by atoms with E-state index in [0.717, 1.165) is 24.9 Å². The third kappa shape index (κ3) is 3.62. The Balaban J connectivity index is 1.76. The average Bonchev–Trinajstić information content (AvgIpc) is 3.05. The Kier molecular flexibility index (Phi) is 5.20. The van der Waals surface area contributed by atoms with Crippen molar-refractivity contribution in [2.24, 2.45) is 0 Å². The summed E-state index contributed by atoms with van der Waals surface area (Å²) in [5, 5.41) is 7.71. The molecule has 24 heavy (non-hydrogen) atoms. The first-order valence-electron chi connectivity index (χ1n) is 8.87. The van der Waals surface area contributed by atoms with Gasteiger partial charge in [-0.3, -0.25) is 0 Å². The van der Waals surface area contributed by atoms with Crippen LogP contribution in [-0.2, 0) is 12.0 Å². The molecule has 0 spiro atoms. The van der Waals surface area contributed by atoms with E-state index < -0.39 is 0 Å². The minimum atomic E-state index is -0.0290. The zero-order valence-electron chi connectivity index (χ0n) is 14.6. The highest BCUT2D eigenvalue weighted by molar-refractivity contribution is 7.80. The second-order valence-electron chi connectivity index (χ2n) is 6.73. The van der Waals surface area contributed by atoms with E-state index >= 15 is 0 Å². The first-order valence-corrected chi connectivity index (χ1v) is 9.28. The van der Waals surface area contributed by atoms with Gasteiger partial charge in [0, 0.05) is 5.69 Å². The van der Waals surface area contributed by atoms with Gasteiger partial charge in [0.2, 0.25) is 0 Å². The van der Waals surface area contributed by atoms with Gasteiger partial charge in [-0.15, -0.1) is 0 Å². The molecular formula is C21H26N2S. The minimum Gasteiger partial charge on any atom is -0.353 e. The monoisotopic (exact) mass is 338 g/mol. The van der Waals surface area contributed by atoms with Crippen LogP contribution in [0.1, 0.15) is 49.3 Å². The van der Waals surface area contributed by atoms with Crippen LogP contribution in [0.4, 0.5) is 5.69 Å². The lowest BCUT2D eigenvalue weighted by Crippen LogP contribution is -2.46. The number of rotatable bonds is 4. The van der Waals surface area contributed by atoms with Gasteiger partial charge in [-0.25, -0.2) is 0 Å². The van der Waals surface area contributed by atoms with Crippen molar-refractivity contribution in [2.75, 3.05) is 5.32 Å². The van der Waals surface area contributed by atoms with Crippen molar-refractivity contribution in [1.82, 2.24) is 5.32 Å². The standard InChI is InChI=1S/C21H26N2S/c1-3-17-10-12-18(13-11-17)22-20(24)23-21(14-6-7-15-21)19-9-5-4-8-16(19)2/h4-5,8-13H,3,6-7,14-15H2,1-2H3,(H2,22,23,24). The van der Waals surface area contributed by atoms with Crippen molar-refractivity contribution in [1.29, 1.82) is 0 Å². The highest BCUT2D eigenvalue weighted by atomic mass is 32.1. The van der Waals surface area contributed by atoms with Gasteiger partial charge >= 0.3 is 0 Å². The van der Waals surface area contributed by atoms with E-state index in [1.807, 2.05) is 0 Å². The predicted octanol–water partition coefficient (Wildman–Crippen LogP) is 5.31. The van der Waals surface area contributed by atoms with Crippen LogP contribution in [0.3, 0.4) is 0 Å². The second-order valence-corrected chi connectivity index (χ2v) is 7.14. The highest BCUT2D eigenvalue weighted by Gasteiger charge is 2.37. The van der Waals surface area contributed by atoms with Crippen LogP contribution >= 0.6 is 12.2 Å². The van der Waals surface area contributed by atoms with Crippen LogP contribution in [0.2, 0.25) is 0 Å². The van der Waals surface area contributed by atoms with Crippen LogP contribution in [-0.4, -0.2) is 5.11 Å². The molecule has 0 amide bonds. The fourth-order valence-corrected chi connectivity index (χ4v) is 4.07. The minimum absolute atomic E-state index is 0.0290. The zero-order valence-corrected chi connectivity index (χ0v) is 15.4. The van der Waals surface area contributed by atoms with Crippen molar-refractivity contribution in [3.05, 3.63) is 65.2 Å². The maximum Gasteiger partial charge on any atom is 0.171 e. The average molecular weight is 339 g/mol. The summed E-state index contributed by atoms with van der Waals surface area (Å²) in [6.45, 7) is 4.36. The van der Waals surface area contributed by atoms with Crippen molar-refractivity contribution in [2.45, 2.75) is 51.5 Å². The predicted molar refractivity (Wildman–Crippen MR) is 107 cm³/mol. The molecule has 0 aromatic heterocycles. The molecule has 2 aromatic carbocycles. The Morgan fingerprint density at radius 3 is 2.33 bits per heavy atom. The van der Waals surface area contributed by atoms with E-state index in [-0.39, 0.29) is 5.54 Å². The molecule has 0 heterocycles. The van der Waals surface area contributed by atoms with Gasteiger partial charge in [-0.2, -0.15) is 0 Å². The third-order valence-corrected chi connectivity index (χ3v) is 5.29. The maximum absolute atomic E-state index is 5.63. The molecule has 2 aromatic rings. The van der Waals surface area contributed by atoms with Crippen LogP contribution in [0.15, 0.2) is 48.5 Å². The Hall–Kier alpha value is -1.87. The second kappa shape index (κ2) is 7.35. The van der Waals surface area contributed by atoms with Gasteiger partial charge in [0.1, 0.15) is 0 Å². The van der Waals surface area contributed by atoms with E-state index in [2.05, 4.69) is 73.0 Å². The lowest BCUT2D eigenvalue weighted by atomic mass is 9.85. The zero-order chi connectivity index (χ0) is 17.0. The highest BCUT2D eigenvalue weighted by Crippen LogP contribution is 2.40. The molecule has 0 bridgehead atoms. The lowest BCUT2D eigenvalue weighted by molar-refractivity contribution is 0.406. The quantitative estimate of drug-likeness (QED) is 0.738. The van der Waals surface area contributed by atoms with Crippen LogP contribution in [0, 0.1) is 6.92 Å². The fraction of sp³-hybridized carbons (Fsp3) is 0.381. The van der Waals surface area contributed by atoms with E-state index in [9.17, 15) is 0 Å². The first-order chi connectivity index (χ1) is 11.6. The molecule has 1 aliphatic rings. The van der Waals surface area contributed by atoms with E-state index in [4.69, 9.17) is 12.2 Å². The van der Waals surface area contributed by atoms with Crippen molar-refractivity contribution >= 4 is 23.0 Å². The number of benzene rings is 2. The normalized spacial score (nSPS) is 15.9. The van der Waals surface area contributed by atoms with Gasteiger partial charge in [-0.1, -0.05) is 56.2 Å². The Labute approximate surface area is 150 Å². The van der Waals surface area contributed by atoms with Gasteiger partial charge in [0.15, 0.2) is 5.11 Å². The van der Waals surface area contributed by atoms with Crippen molar-refractivity contribution in [3.8, 4) is 0 Å². The van der Waals surface area contributed by atoms with Crippen LogP contribution < -0.4 is 10.6 Å². The number of hydrogen-bond donors (Lipinski definition) is 2. The molecule has 0 radical (unpaired) electrons. The number of aryl methyl sites for hydroxylation is 2. The molecule has 2 N–H and O–H groups in total. The van der Waals surface area contributed by atoms with E-state index in [0.29, 0.717) is 5.11 Å². The molecule has 0 saturated heterocycles. The lowest BCUT2D eigenvalue weighted by Gasteiger charge is -2.33. The fourth-order valence-electron chi connectivity index (χ4n) is 3.75. The van der Waals surface area contributed by atoms with Crippen molar-refractivity contribution < 1.29 is 0 Å². The van der Waals surface area contributed by atoms with Crippen molar-refractivity contribution in [3.63, 3.8) is 0 Å². The molecule has 1 fully saturated rings. The smallest absolute Gasteiger partial charge is 0.171 e. The molecule has 0 atom stereocenters. The summed E-state index contributed by atoms with van der Waals surface area (Å²) in [4.78, 5) is 0. The number of thiocarbonyl (C=S) groups is 1. The summed E-state index contributed by atoms with van der Waals surface area (Å²) in [7, 11) is 0. The molecule has 1 aliphatic carbocycles. The summed E-state index contributed by atoms with van der Waals surface area (Å²) < 4.78 is 0. The summed E-state index contributed by atoms with van der Waals surface area (Å²) >= 11 is 5.63. The van der Waals surface area contributed by atoms with Gasteiger partial charge in [-0.05, 0) is 67.2 Å². The van der Waals surface area contributed by atoms with Crippen LogP contribution in [0.25, 0.3) is 0 Å². The van der Waals surface area contributed by atoms with Gasteiger partial charge in [0.25, 0.3) is 0 Å². The largest absolute Gasteiger partial charge is 0.353 e. The van der Waals surface area contributed by atoms with Gasteiger partial charge < -0.3 is 10.6 Å². The molecule has 1 saturated carbocycles. The Morgan fingerprint density at radius 2 is 1.71 bits per heavy atom. The Bertz CT molecular complexity index is 700. The molecule has 2 nitrogen and oxygen atoms in total. The summed E-state index contributed by atoms with van der Waals surface area (Å²) in [5.41, 5.74) is 5.07. The summed E-state index contributed by atoms with van der Waals surface area (Å²) in [5.74, 6) is 0. The first kappa shape index (κ1) is 17.0. The summed E-state index contributed by atoms with van der Waals surface area (Å²) in [6.07, 6.45) is 5.81.